The maximum Gasteiger partial charge on any atom is 0.246 e. The lowest BCUT2D eigenvalue weighted by Crippen LogP contribution is -2.35. The van der Waals surface area contributed by atoms with E-state index in [-0.39, 0.29) is 13.1 Å². The van der Waals surface area contributed by atoms with Gasteiger partial charge in [0.15, 0.2) is 5.82 Å². The van der Waals surface area contributed by atoms with Crippen molar-refractivity contribution >= 4 is 10.0 Å². The van der Waals surface area contributed by atoms with Crippen molar-refractivity contribution in [2.24, 2.45) is 0 Å². The number of aliphatic hydroxyl groups is 1. The van der Waals surface area contributed by atoms with E-state index < -0.39 is 38.7 Å². The van der Waals surface area contributed by atoms with Crippen LogP contribution in [0.1, 0.15) is 12.0 Å². The van der Waals surface area contributed by atoms with Crippen LogP contribution < -0.4 is 0 Å². The molecule has 1 aromatic rings. The Balaban J connectivity index is 2.40. The monoisotopic (exact) mass is 320 g/mol. The summed E-state index contributed by atoms with van der Waals surface area (Å²) >= 11 is 0. The van der Waals surface area contributed by atoms with E-state index in [1.54, 1.807) is 0 Å². The van der Waals surface area contributed by atoms with Crippen molar-refractivity contribution in [2.75, 3.05) is 33.2 Å². The second-order valence-corrected chi connectivity index (χ2v) is 6.96. The Kier molecular flexibility index (Phi) is 4.92. The first kappa shape index (κ1) is 16.3. The number of likely N-dealkylation sites (N-methyl/N-ethyl adjacent to an activating group) is 1. The highest BCUT2D eigenvalue weighted by Crippen LogP contribution is 2.24. The van der Waals surface area contributed by atoms with Crippen molar-refractivity contribution in [3.8, 4) is 0 Å². The summed E-state index contributed by atoms with van der Waals surface area (Å²) in [6, 6.07) is 1.78. The summed E-state index contributed by atoms with van der Waals surface area (Å²) < 4.78 is 53.7. The predicted octanol–water partition coefficient (Wildman–Crippen LogP) is 0.783. The van der Waals surface area contributed by atoms with E-state index in [9.17, 15) is 17.2 Å². The van der Waals surface area contributed by atoms with Crippen LogP contribution in [0.25, 0.3) is 0 Å². The molecule has 1 N–H and O–H groups in total. The second kappa shape index (κ2) is 6.35. The molecule has 1 fully saturated rings. The van der Waals surface area contributed by atoms with Crippen molar-refractivity contribution in [2.45, 2.75) is 17.9 Å². The van der Waals surface area contributed by atoms with Crippen molar-refractivity contribution in [1.82, 2.24) is 9.21 Å². The first-order valence-corrected chi connectivity index (χ1v) is 8.08. The molecule has 1 aromatic carbocycles. The normalized spacial score (nSPS) is 18.7. The van der Waals surface area contributed by atoms with E-state index in [0.29, 0.717) is 13.0 Å². The zero-order valence-electron chi connectivity index (χ0n) is 11.7. The minimum Gasteiger partial charge on any atom is -0.391 e. The van der Waals surface area contributed by atoms with Crippen LogP contribution in [-0.4, -0.2) is 56.0 Å². The molecular weight excluding hydrogens is 302 g/mol. The molecule has 0 atom stereocenters. The van der Waals surface area contributed by atoms with Crippen LogP contribution in [0.2, 0.25) is 0 Å². The van der Waals surface area contributed by atoms with Crippen LogP contribution in [0.4, 0.5) is 8.78 Å². The van der Waals surface area contributed by atoms with Crippen LogP contribution in [0, 0.1) is 11.6 Å². The molecule has 0 radical (unpaired) electrons. The van der Waals surface area contributed by atoms with E-state index in [1.165, 1.54) is 4.31 Å². The van der Waals surface area contributed by atoms with Gasteiger partial charge in [-0.25, -0.2) is 17.2 Å². The van der Waals surface area contributed by atoms with Crippen molar-refractivity contribution < 1.29 is 22.3 Å². The molecule has 1 aliphatic rings. The van der Waals surface area contributed by atoms with Crippen LogP contribution in [0.5, 0.6) is 0 Å². The average molecular weight is 320 g/mol. The lowest BCUT2D eigenvalue weighted by atomic mass is 10.2. The van der Waals surface area contributed by atoms with Crippen LogP contribution in [-0.2, 0) is 16.6 Å². The molecule has 0 saturated carbocycles. The summed E-state index contributed by atoms with van der Waals surface area (Å²) in [5.74, 6) is -2.17. The van der Waals surface area contributed by atoms with Gasteiger partial charge in [-0.15, -0.1) is 0 Å². The van der Waals surface area contributed by atoms with Gasteiger partial charge in [0.05, 0.1) is 12.2 Å². The van der Waals surface area contributed by atoms with Gasteiger partial charge in [-0.05, 0) is 32.1 Å². The summed E-state index contributed by atoms with van der Waals surface area (Å²) in [7, 11) is -2.15. The molecular formula is C13H18F2N2O3S. The van der Waals surface area contributed by atoms with Crippen LogP contribution in [0.3, 0.4) is 0 Å². The fourth-order valence-electron chi connectivity index (χ4n) is 2.32. The molecule has 118 valence electrons. The Labute approximate surface area is 122 Å². The smallest absolute Gasteiger partial charge is 0.246 e. The van der Waals surface area contributed by atoms with Gasteiger partial charge >= 0.3 is 0 Å². The second-order valence-electron chi connectivity index (χ2n) is 5.06. The van der Waals surface area contributed by atoms with Gasteiger partial charge in [0.1, 0.15) is 10.7 Å². The summed E-state index contributed by atoms with van der Waals surface area (Å²) in [6.07, 6.45) is 0.644. The number of hydrogen-bond acceptors (Lipinski definition) is 4. The highest BCUT2D eigenvalue weighted by Gasteiger charge is 2.30. The molecule has 1 aliphatic heterocycles. The Hall–Kier alpha value is -1.09. The van der Waals surface area contributed by atoms with E-state index >= 15 is 0 Å². The third-order valence-electron chi connectivity index (χ3n) is 3.61. The minimum absolute atomic E-state index is 0.254. The number of hydrogen-bond donors (Lipinski definition) is 1. The number of rotatable bonds is 3. The molecule has 0 aromatic heterocycles. The first-order valence-electron chi connectivity index (χ1n) is 6.64. The van der Waals surface area contributed by atoms with Crippen molar-refractivity contribution in [3.05, 3.63) is 29.3 Å². The Bertz CT molecular complexity index is 622. The number of halogens is 2. The fourth-order valence-corrected chi connectivity index (χ4v) is 3.88. The Morgan fingerprint density at radius 1 is 1.19 bits per heavy atom. The summed E-state index contributed by atoms with van der Waals surface area (Å²) in [5, 5.41) is 8.98. The first-order chi connectivity index (χ1) is 9.87. The number of sulfonamides is 1. The quantitative estimate of drug-likeness (QED) is 0.894. The van der Waals surface area contributed by atoms with E-state index in [4.69, 9.17) is 5.11 Å². The molecule has 0 bridgehead atoms. The van der Waals surface area contributed by atoms with Crippen molar-refractivity contribution in [1.29, 1.82) is 0 Å². The number of aliphatic hydroxyl groups excluding tert-OH is 1. The maximum absolute atomic E-state index is 14.1. The zero-order chi connectivity index (χ0) is 15.6. The highest BCUT2D eigenvalue weighted by molar-refractivity contribution is 7.89. The van der Waals surface area contributed by atoms with Gasteiger partial charge in [-0.3, -0.25) is 0 Å². The van der Waals surface area contributed by atoms with E-state index in [0.717, 1.165) is 18.7 Å². The summed E-state index contributed by atoms with van der Waals surface area (Å²) in [6.45, 7) is 0.973. The van der Waals surface area contributed by atoms with Gasteiger partial charge < -0.3 is 10.0 Å². The van der Waals surface area contributed by atoms with Gasteiger partial charge in [0, 0.05) is 19.6 Å². The SMILES string of the molecule is CN1CCCN(S(=O)(=O)c2ccc(F)c(CO)c2F)CC1. The van der Waals surface area contributed by atoms with Crippen molar-refractivity contribution in [3.63, 3.8) is 0 Å². The Morgan fingerprint density at radius 2 is 1.90 bits per heavy atom. The predicted molar refractivity (Wildman–Crippen MR) is 73.2 cm³/mol. The van der Waals surface area contributed by atoms with Gasteiger partial charge in [-0.1, -0.05) is 0 Å². The van der Waals surface area contributed by atoms with Gasteiger partial charge in [0.2, 0.25) is 10.0 Å². The molecule has 21 heavy (non-hydrogen) atoms. The largest absolute Gasteiger partial charge is 0.391 e. The molecule has 8 heteroatoms. The molecule has 5 nitrogen and oxygen atoms in total. The van der Waals surface area contributed by atoms with E-state index in [2.05, 4.69) is 0 Å². The maximum atomic E-state index is 14.1. The van der Waals surface area contributed by atoms with Gasteiger partial charge in [0.25, 0.3) is 0 Å². The number of nitrogens with zero attached hydrogens (tertiary/aromatic N) is 2. The lowest BCUT2D eigenvalue weighted by Gasteiger charge is -2.21. The molecule has 0 spiro atoms. The average Bonchev–Trinajstić information content (AvgIpc) is 2.64. The molecule has 1 saturated heterocycles. The topological polar surface area (TPSA) is 60.9 Å². The minimum atomic E-state index is -4.03. The summed E-state index contributed by atoms with van der Waals surface area (Å²) in [5.41, 5.74) is -0.622. The third kappa shape index (κ3) is 3.23. The molecule has 0 amide bonds. The van der Waals surface area contributed by atoms with Gasteiger partial charge in [-0.2, -0.15) is 4.31 Å². The fraction of sp³-hybridized carbons (Fsp3) is 0.538. The summed E-state index contributed by atoms with van der Waals surface area (Å²) in [4.78, 5) is 1.41. The molecule has 1 heterocycles. The van der Waals surface area contributed by atoms with Crippen LogP contribution in [0.15, 0.2) is 17.0 Å². The zero-order valence-corrected chi connectivity index (χ0v) is 12.5. The highest BCUT2D eigenvalue weighted by atomic mass is 32.2. The molecule has 0 aliphatic carbocycles. The van der Waals surface area contributed by atoms with E-state index in [1.807, 2.05) is 11.9 Å². The Morgan fingerprint density at radius 3 is 2.57 bits per heavy atom. The number of benzene rings is 1. The van der Waals surface area contributed by atoms with Crippen LogP contribution >= 0.6 is 0 Å². The molecule has 2 rings (SSSR count). The lowest BCUT2D eigenvalue weighted by molar-refractivity contribution is 0.267. The third-order valence-corrected chi connectivity index (χ3v) is 5.52. The standard InChI is InChI=1S/C13H18F2N2O3S/c1-16-5-2-6-17(8-7-16)21(19,20)12-4-3-11(14)10(9-18)13(12)15/h3-4,18H,2,5-9H2,1H3. The molecule has 0 unspecified atom stereocenters.